The van der Waals surface area contributed by atoms with Gasteiger partial charge < -0.3 is 0 Å². The highest BCUT2D eigenvalue weighted by molar-refractivity contribution is 7.97. The van der Waals surface area contributed by atoms with Crippen molar-refractivity contribution in [3.63, 3.8) is 0 Å². The highest BCUT2D eigenvalue weighted by Crippen LogP contribution is 2.17. The maximum atomic E-state index is 11.1. The zero-order valence-corrected chi connectivity index (χ0v) is 8.75. The van der Waals surface area contributed by atoms with E-state index in [1.165, 1.54) is 0 Å². The molecule has 0 spiro atoms. The van der Waals surface area contributed by atoms with E-state index in [1.807, 2.05) is 0 Å². The Balaban J connectivity index is 3.90. The van der Waals surface area contributed by atoms with Gasteiger partial charge in [-0.1, -0.05) is 20.8 Å². The summed E-state index contributed by atoms with van der Waals surface area (Å²) in [6.45, 7) is 7.18. The molecule has 0 rings (SSSR count). The molecule has 0 bridgehead atoms. The average Bonchev–Trinajstić information content (AvgIpc) is 1.83. The van der Waals surface area contributed by atoms with Gasteiger partial charge in [-0.15, -0.1) is 0 Å². The van der Waals surface area contributed by atoms with Gasteiger partial charge in [0.25, 0.3) is 0 Å². The highest BCUT2D eigenvalue weighted by Gasteiger charge is 2.14. The van der Waals surface area contributed by atoms with E-state index < -0.39 is 9.71 Å². The number of rotatable bonds is 4. The summed E-state index contributed by atoms with van der Waals surface area (Å²) in [6, 6.07) is 0. The van der Waals surface area contributed by atoms with Crippen molar-refractivity contribution in [1.82, 2.24) is 4.72 Å². The second kappa shape index (κ2) is 3.59. The molecule has 1 atom stereocenters. The van der Waals surface area contributed by atoms with E-state index >= 15 is 0 Å². The first kappa shape index (κ1) is 11.0. The first-order valence-corrected chi connectivity index (χ1v) is 5.97. The van der Waals surface area contributed by atoms with Gasteiger partial charge in [0, 0.05) is 22.5 Å². The average molecular weight is 177 g/mol. The Morgan fingerprint density at radius 3 is 2.27 bits per heavy atom. The number of nitrogens with one attached hydrogen (secondary N) is 1. The zero-order valence-electron chi connectivity index (χ0n) is 7.94. The molecule has 0 aromatic heterocycles. The van der Waals surface area contributed by atoms with E-state index in [4.69, 9.17) is 0 Å². The molecule has 2 nitrogen and oxygen atoms in total. The Bertz CT molecular complexity index is 204. The van der Waals surface area contributed by atoms with Gasteiger partial charge in [-0.25, -0.2) is 4.72 Å². The molecule has 0 aliphatic rings. The van der Waals surface area contributed by atoms with Crippen LogP contribution in [-0.2, 0) is 9.71 Å². The predicted molar refractivity (Wildman–Crippen MR) is 53.3 cm³/mol. The van der Waals surface area contributed by atoms with Crippen LogP contribution in [0.2, 0.25) is 0 Å². The Morgan fingerprint density at radius 1 is 1.55 bits per heavy atom. The van der Waals surface area contributed by atoms with Crippen molar-refractivity contribution in [1.29, 1.82) is 0 Å². The summed E-state index contributed by atoms with van der Waals surface area (Å²) in [5.41, 5.74) is 0.219. The maximum absolute atomic E-state index is 11.1. The smallest absolute Gasteiger partial charge is 0.0220 e. The van der Waals surface area contributed by atoms with E-state index in [1.54, 1.807) is 6.26 Å². The van der Waals surface area contributed by atoms with Gasteiger partial charge >= 0.3 is 0 Å². The van der Waals surface area contributed by atoms with Crippen LogP contribution in [-0.4, -0.2) is 22.9 Å². The standard InChI is InChI=1S/C8H19NOS/c1-6-8(2,3)7-9-11(4,5)10/h4,6-7H2,1-3,5H3,(H,9,10). The van der Waals surface area contributed by atoms with Crippen LogP contribution in [0.3, 0.4) is 0 Å². The lowest BCUT2D eigenvalue weighted by molar-refractivity contribution is 0.353. The van der Waals surface area contributed by atoms with Gasteiger partial charge in [-0.05, 0) is 17.7 Å². The normalized spacial score (nSPS) is 17.8. The molecule has 0 aliphatic carbocycles. The molecule has 0 aromatic rings. The molecule has 0 saturated heterocycles. The third kappa shape index (κ3) is 6.38. The topological polar surface area (TPSA) is 29.1 Å². The quantitative estimate of drug-likeness (QED) is 0.644. The highest BCUT2D eigenvalue weighted by atomic mass is 32.2. The van der Waals surface area contributed by atoms with Crippen molar-refractivity contribution < 1.29 is 4.21 Å². The Hall–Kier alpha value is -0.0200. The minimum absolute atomic E-state index is 0.219. The van der Waals surface area contributed by atoms with Gasteiger partial charge in [0.1, 0.15) is 0 Å². The molecule has 0 radical (unpaired) electrons. The third-order valence-electron chi connectivity index (χ3n) is 1.81. The van der Waals surface area contributed by atoms with Crippen molar-refractivity contribution >= 4 is 15.6 Å². The van der Waals surface area contributed by atoms with Crippen molar-refractivity contribution in [2.24, 2.45) is 5.41 Å². The molecule has 1 unspecified atom stereocenters. The first-order chi connectivity index (χ1) is 4.77. The SMILES string of the molecule is C=S(C)(=O)NCC(C)(C)CC. The molecular formula is C8H19NOS. The van der Waals surface area contributed by atoms with Crippen LogP contribution in [0.4, 0.5) is 0 Å². The van der Waals surface area contributed by atoms with Gasteiger partial charge in [-0.2, -0.15) is 0 Å². The molecule has 0 saturated carbocycles. The molecule has 0 amide bonds. The van der Waals surface area contributed by atoms with Crippen molar-refractivity contribution in [3.05, 3.63) is 0 Å². The van der Waals surface area contributed by atoms with Crippen LogP contribution >= 0.6 is 0 Å². The summed E-state index contributed by atoms with van der Waals surface area (Å²) in [5.74, 6) is 3.52. The van der Waals surface area contributed by atoms with Crippen molar-refractivity contribution in [2.45, 2.75) is 27.2 Å². The van der Waals surface area contributed by atoms with Crippen LogP contribution in [0.15, 0.2) is 0 Å². The first-order valence-electron chi connectivity index (χ1n) is 3.84. The molecule has 0 heterocycles. The number of hydrogen-bond acceptors (Lipinski definition) is 1. The van der Waals surface area contributed by atoms with Crippen LogP contribution in [0, 0.1) is 5.41 Å². The van der Waals surface area contributed by atoms with Gasteiger partial charge in [0.15, 0.2) is 0 Å². The summed E-state index contributed by atoms with van der Waals surface area (Å²) >= 11 is 0. The summed E-state index contributed by atoms with van der Waals surface area (Å²) in [4.78, 5) is 0. The zero-order chi connectivity index (χ0) is 9.12. The van der Waals surface area contributed by atoms with Gasteiger partial charge in [0.05, 0.1) is 0 Å². The molecule has 11 heavy (non-hydrogen) atoms. The fourth-order valence-electron chi connectivity index (χ4n) is 0.473. The minimum atomic E-state index is -2.02. The molecular weight excluding hydrogens is 158 g/mol. The lowest BCUT2D eigenvalue weighted by Gasteiger charge is -2.23. The Labute approximate surface area is 70.5 Å². The molecule has 0 aromatic carbocycles. The van der Waals surface area contributed by atoms with Crippen LogP contribution in [0.25, 0.3) is 0 Å². The predicted octanol–water partition coefficient (Wildman–Crippen LogP) is 1.27. The van der Waals surface area contributed by atoms with E-state index in [2.05, 4.69) is 31.4 Å². The van der Waals surface area contributed by atoms with Crippen LogP contribution in [0.5, 0.6) is 0 Å². The molecule has 3 heteroatoms. The second-order valence-electron chi connectivity index (χ2n) is 3.84. The van der Waals surface area contributed by atoms with E-state index in [0.29, 0.717) is 0 Å². The fourth-order valence-corrected chi connectivity index (χ4v) is 1.17. The maximum Gasteiger partial charge on any atom is 0.0220 e. The monoisotopic (exact) mass is 177 g/mol. The van der Waals surface area contributed by atoms with Gasteiger partial charge in [0.2, 0.25) is 0 Å². The van der Waals surface area contributed by atoms with E-state index in [0.717, 1.165) is 13.0 Å². The number of hydrogen-bond donors (Lipinski definition) is 1. The molecule has 0 fully saturated rings. The summed E-state index contributed by atoms with van der Waals surface area (Å²) in [6.07, 6.45) is 2.70. The van der Waals surface area contributed by atoms with Crippen LogP contribution < -0.4 is 4.72 Å². The van der Waals surface area contributed by atoms with E-state index in [9.17, 15) is 4.21 Å². The lowest BCUT2D eigenvalue weighted by atomic mass is 9.91. The summed E-state index contributed by atoms with van der Waals surface area (Å²) < 4.78 is 14.1. The third-order valence-corrected chi connectivity index (χ3v) is 2.57. The lowest BCUT2D eigenvalue weighted by Crippen LogP contribution is -2.32. The summed E-state index contributed by atoms with van der Waals surface area (Å²) in [7, 11) is -2.02. The van der Waals surface area contributed by atoms with Crippen molar-refractivity contribution in [2.75, 3.05) is 12.8 Å². The van der Waals surface area contributed by atoms with E-state index in [-0.39, 0.29) is 5.41 Å². The Morgan fingerprint density at radius 2 is 2.00 bits per heavy atom. The van der Waals surface area contributed by atoms with Crippen molar-refractivity contribution in [3.8, 4) is 0 Å². The molecule has 68 valence electrons. The van der Waals surface area contributed by atoms with Crippen LogP contribution in [0.1, 0.15) is 27.2 Å². The largest absolute Gasteiger partial charge is 0.253 e. The Kier molecular flexibility index (Phi) is 3.58. The summed E-state index contributed by atoms with van der Waals surface area (Å²) in [5, 5.41) is 0. The van der Waals surface area contributed by atoms with Gasteiger partial charge in [-0.3, -0.25) is 4.21 Å². The molecule has 0 aliphatic heterocycles. The fraction of sp³-hybridized carbons (Fsp3) is 0.875. The minimum Gasteiger partial charge on any atom is -0.253 e. The molecule has 1 N–H and O–H groups in total. The second-order valence-corrected chi connectivity index (χ2v) is 6.14.